The van der Waals surface area contributed by atoms with Gasteiger partial charge < -0.3 is 9.64 Å². The second kappa shape index (κ2) is 5.96. The molecule has 6 nitrogen and oxygen atoms in total. The zero-order chi connectivity index (χ0) is 13.7. The lowest BCUT2D eigenvalue weighted by molar-refractivity contribution is -0.141. The molecule has 0 unspecified atom stereocenters. The Morgan fingerprint density at radius 3 is 2.67 bits per heavy atom. The fourth-order valence-electron chi connectivity index (χ4n) is 1.47. The largest absolute Gasteiger partial charge is 0.465 e. The number of hydrogen-bond donors (Lipinski definition) is 0. The van der Waals surface area contributed by atoms with Crippen LogP contribution in [0.15, 0.2) is 0 Å². The van der Waals surface area contributed by atoms with E-state index in [4.69, 9.17) is 10.00 Å². The first-order valence-electron chi connectivity index (χ1n) is 5.62. The van der Waals surface area contributed by atoms with Gasteiger partial charge in [0.15, 0.2) is 5.82 Å². The Bertz CT molecular complexity index is 494. The van der Waals surface area contributed by atoms with Crippen molar-refractivity contribution in [2.75, 3.05) is 25.1 Å². The second-order valence-electron chi connectivity index (χ2n) is 3.88. The summed E-state index contributed by atoms with van der Waals surface area (Å²) in [7, 11) is 1.68. The highest BCUT2D eigenvalue weighted by Gasteiger charge is 2.16. The molecule has 1 heterocycles. The molecular formula is C12H16N4O2. The van der Waals surface area contributed by atoms with Crippen molar-refractivity contribution in [2.45, 2.75) is 20.8 Å². The molecule has 0 aromatic carbocycles. The van der Waals surface area contributed by atoms with Crippen LogP contribution >= 0.6 is 0 Å². The number of anilines is 1. The summed E-state index contributed by atoms with van der Waals surface area (Å²) < 4.78 is 4.85. The molecule has 6 heteroatoms. The highest BCUT2D eigenvalue weighted by Crippen LogP contribution is 2.19. The first-order chi connectivity index (χ1) is 8.51. The number of rotatable bonds is 4. The summed E-state index contributed by atoms with van der Waals surface area (Å²) in [6.45, 7) is 5.72. The molecule has 0 spiro atoms. The maximum Gasteiger partial charge on any atom is 0.325 e. The van der Waals surface area contributed by atoms with Crippen LogP contribution in [-0.4, -0.2) is 36.4 Å². The van der Waals surface area contributed by atoms with Crippen molar-refractivity contribution in [2.24, 2.45) is 0 Å². The molecule has 1 aromatic heterocycles. The minimum atomic E-state index is -0.357. The van der Waals surface area contributed by atoms with E-state index in [1.807, 2.05) is 6.92 Å². The fourth-order valence-corrected chi connectivity index (χ4v) is 1.47. The van der Waals surface area contributed by atoms with Crippen LogP contribution < -0.4 is 4.90 Å². The number of carbonyl (C=O) groups excluding carboxylic acids is 1. The van der Waals surface area contributed by atoms with Gasteiger partial charge in [0.1, 0.15) is 18.2 Å². The molecule has 0 saturated heterocycles. The van der Waals surface area contributed by atoms with E-state index in [1.165, 1.54) is 0 Å². The Morgan fingerprint density at radius 1 is 1.44 bits per heavy atom. The van der Waals surface area contributed by atoms with E-state index in [0.29, 0.717) is 23.7 Å². The Hall–Kier alpha value is -2.16. The van der Waals surface area contributed by atoms with Crippen LogP contribution in [-0.2, 0) is 9.53 Å². The lowest BCUT2D eigenvalue weighted by atomic mass is 10.1. The topological polar surface area (TPSA) is 79.1 Å². The molecule has 0 amide bonds. The second-order valence-corrected chi connectivity index (χ2v) is 3.88. The fraction of sp³-hybridized carbons (Fsp3) is 0.500. The van der Waals surface area contributed by atoms with Gasteiger partial charge in [-0.3, -0.25) is 4.79 Å². The molecule has 0 aliphatic rings. The standard InChI is InChI=1S/C12H16N4O2/c1-5-18-11(17)7-16(4)12-10(6-13)8(2)9(3)14-15-12/h5,7H2,1-4H3. The number of nitriles is 1. The van der Waals surface area contributed by atoms with Gasteiger partial charge in [0, 0.05) is 7.05 Å². The Balaban J connectivity index is 3.00. The average Bonchev–Trinajstić information content (AvgIpc) is 2.32. The van der Waals surface area contributed by atoms with Gasteiger partial charge in [-0.15, -0.1) is 5.10 Å². The number of esters is 1. The first kappa shape index (κ1) is 13.9. The number of aromatic nitrogens is 2. The highest BCUT2D eigenvalue weighted by atomic mass is 16.5. The van der Waals surface area contributed by atoms with Crippen LogP contribution in [0.1, 0.15) is 23.7 Å². The monoisotopic (exact) mass is 248 g/mol. The molecule has 1 rings (SSSR count). The van der Waals surface area contributed by atoms with Crippen LogP contribution in [0, 0.1) is 25.2 Å². The maximum atomic E-state index is 11.4. The third kappa shape index (κ3) is 2.94. The van der Waals surface area contributed by atoms with Crippen molar-refractivity contribution < 1.29 is 9.53 Å². The molecule has 18 heavy (non-hydrogen) atoms. The van der Waals surface area contributed by atoms with Crippen molar-refractivity contribution in [3.8, 4) is 6.07 Å². The number of aryl methyl sites for hydroxylation is 1. The number of ether oxygens (including phenoxy) is 1. The molecule has 0 N–H and O–H groups in total. The van der Waals surface area contributed by atoms with E-state index in [1.54, 1.807) is 25.8 Å². The van der Waals surface area contributed by atoms with Crippen LogP contribution in [0.4, 0.5) is 5.82 Å². The molecule has 0 bridgehead atoms. The summed E-state index contributed by atoms with van der Waals surface area (Å²) >= 11 is 0. The average molecular weight is 248 g/mol. The molecule has 0 saturated carbocycles. The highest BCUT2D eigenvalue weighted by molar-refractivity contribution is 5.76. The van der Waals surface area contributed by atoms with Gasteiger partial charge in [-0.1, -0.05) is 0 Å². The number of likely N-dealkylation sites (N-methyl/N-ethyl adjacent to an activating group) is 1. The minimum Gasteiger partial charge on any atom is -0.465 e. The van der Waals surface area contributed by atoms with Gasteiger partial charge in [0.25, 0.3) is 0 Å². The third-order valence-corrected chi connectivity index (χ3v) is 2.58. The summed E-state index contributed by atoms with van der Waals surface area (Å²) in [4.78, 5) is 12.9. The van der Waals surface area contributed by atoms with Gasteiger partial charge in [0.05, 0.1) is 12.3 Å². The van der Waals surface area contributed by atoms with Crippen molar-refractivity contribution in [1.29, 1.82) is 5.26 Å². The van der Waals surface area contributed by atoms with E-state index in [2.05, 4.69) is 16.3 Å². The molecule has 96 valence electrons. The summed E-state index contributed by atoms with van der Waals surface area (Å²) in [6, 6.07) is 2.09. The third-order valence-electron chi connectivity index (χ3n) is 2.58. The summed E-state index contributed by atoms with van der Waals surface area (Å²) in [5.41, 5.74) is 1.92. The lowest BCUT2D eigenvalue weighted by Gasteiger charge is -2.18. The van der Waals surface area contributed by atoms with Crippen LogP contribution in [0.25, 0.3) is 0 Å². The van der Waals surface area contributed by atoms with Gasteiger partial charge in [-0.05, 0) is 26.3 Å². The number of nitrogens with zero attached hydrogens (tertiary/aromatic N) is 4. The van der Waals surface area contributed by atoms with E-state index in [9.17, 15) is 4.79 Å². The quantitative estimate of drug-likeness (QED) is 0.738. The minimum absolute atomic E-state index is 0.0414. The van der Waals surface area contributed by atoms with E-state index < -0.39 is 0 Å². The van der Waals surface area contributed by atoms with Gasteiger partial charge in [0.2, 0.25) is 0 Å². The van der Waals surface area contributed by atoms with E-state index >= 15 is 0 Å². The summed E-state index contributed by atoms with van der Waals surface area (Å²) in [6.07, 6.45) is 0. The maximum absolute atomic E-state index is 11.4. The number of hydrogen-bond acceptors (Lipinski definition) is 6. The molecule has 0 aliphatic heterocycles. The van der Waals surface area contributed by atoms with Crippen molar-refractivity contribution >= 4 is 11.8 Å². The zero-order valence-electron chi connectivity index (χ0n) is 11.0. The van der Waals surface area contributed by atoms with Crippen molar-refractivity contribution in [3.05, 3.63) is 16.8 Å². The Morgan fingerprint density at radius 2 is 2.11 bits per heavy atom. The normalized spacial score (nSPS) is 9.72. The van der Waals surface area contributed by atoms with Crippen LogP contribution in [0.5, 0.6) is 0 Å². The summed E-state index contributed by atoms with van der Waals surface area (Å²) in [5, 5.41) is 17.1. The van der Waals surface area contributed by atoms with Gasteiger partial charge >= 0.3 is 5.97 Å². The molecular weight excluding hydrogens is 232 g/mol. The van der Waals surface area contributed by atoms with Crippen molar-refractivity contribution in [3.63, 3.8) is 0 Å². The molecule has 1 aromatic rings. The predicted molar refractivity (Wildman–Crippen MR) is 66.1 cm³/mol. The number of carbonyl (C=O) groups is 1. The molecule has 0 atom stereocenters. The van der Waals surface area contributed by atoms with E-state index in [0.717, 1.165) is 5.56 Å². The Labute approximate surface area is 106 Å². The SMILES string of the molecule is CCOC(=O)CN(C)c1nnc(C)c(C)c1C#N. The van der Waals surface area contributed by atoms with Crippen LogP contribution in [0.2, 0.25) is 0 Å². The van der Waals surface area contributed by atoms with Gasteiger partial charge in [-0.2, -0.15) is 10.4 Å². The van der Waals surface area contributed by atoms with E-state index in [-0.39, 0.29) is 12.5 Å². The Kier molecular flexibility index (Phi) is 4.60. The molecule has 0 radical (unpaired) electrons. The molecule has 0 aliphatic carbocycles. The van der Waals surface area contributed by atoms with Crippen LogP contribution in [0.3, 0.4) is 0 Å². The lowest BCUT2D eigenvalue weighted by Crippen LogP contribution is -2.29. The smallest absolute Gasteiger partial charge is 0.325 e. The molecule has 0 fully saturated rings. The zero-order valence-corrected chi connectivity index (χ0v) is 11.0. The summed E-state index contributed by atoms with van der Waals surface area (Å²) in [5.74, 6) is 0.0394. The first-order valence-corrected chi connectivity index (χ1v) is 5.62. The van der Waals surface area contributed by atoms with Crippen molar-refractivity contribution in [1.82, 2.24) is 10.2 Å². The van der Waals surface area contributed by atoms with Gasteiger partial charge in [-0.25, -0.2) is 0 Å². The predicted octanol–water partition coefficient (Wildman–Crippen LogP) is 0.964.